The zero-order valence-electron chi connectivity index (χ0n) is 8.57. The Morgan fingerprint density at radius 1 is 1.38 bits per heavy atom. The Kier molecular flexibility index (Phi) is 2.85. The Hall–Kier alpha value is -1.91. The number of nitrogens with zero attached hydrogens (tertiary/aromatic N) is 1. The molecule has 0 unspecified atom stereocenters. The molecule has 0 atom stereocenters. The highest BCUT2D eigenvalue weighted by atomic mass is 19.1. The van der Waals surface area contributed by atoms with Gasteiger partial charge in [0.25, 0.3) is 0 Å². The summed E-state index contributed by atoms with van der Waals surface area (Å²) in [5.74, 6) is -0.675. The molecule has 0 bridgehead atoms. The monoisotopic (exact) mass is 222 g/mol. The summed E-state index contributed by atoms with van der Waals surface area (Å²) in [5, 5.41) is 2.45. The van der Waals surface area contributed by atoms with Crippen molar-refractivity contribution >= 4 is 11.8 Å². The van der Waals surface area contributed by atoms with E-state index in [1.54, 1.807) is 12.1 Å². The normalized spacial score (nSPS) is 16.2. The van der Waals surface area contributed by atoms with Crippen LogP contribution < -0.4 is 5.32 Å². The van der Waals surface area contributed by atoms with E-state index in [-0.39, 0.29) is 37.3 Å². The molecule has 1 saturated heterocycles. The smallest absolute Gasteiger partial charge is 0.242 e. The molecular weight excluding hydrogens is 211 g/mol. The predicted octanol–water partition coefficient (Wildman–Crippen LogP) is 0.284. The van der Waals surface area contributed by atoms with Crippen molar-refractivity contribution in [1.82, 2.24) is 10.2 Å². The van der Waals surface area contributed by atoms with Gasteiger partial charge in [-0.05, 0) is 17.7 Å². The summed E-state index contributed by atoms with van der Waals surface area (Å²) < 4.78 is 12.9. The summed E-state index contributed by atoms with van der Waals surface area (Å²) in [6.45, 7) is 0.327. The Bertz CT molecular complexity index is 434. The molecule has 0 saturated carbocycles. The summed E-state index contributed by atoms with van der Waals surface area (Å²) in [4.78, 5) is 24.0. The highest BCUT2D eigenvalue weighted by Crippen LogP contribution is 2.08. The fraction of sp³-hybridized carbons (Fsp3) is 0.273. The number of halogens is 1. The fourth-order valence-electron chi connectivity index (χ4n) is 1.60. The quantitative estimate of drug-likeness (QED) is 0.781. The van der Waals surface area contributed by atoms with Crippen LogP contribution in [-0.4, -0.2) is 29.8 Å². The molecule has 1 aromatic carbocycles. The minimum Gasteiger partial charge on any atom is -0.345 e. The maximum atomic E-state index is 12.9. The van der Waals surface area contributed by atoms with Crippen LogP contribution in [0.4, 0.5) is 4.39 Å². The summed E-state index contributed by atoms with van der Waals surface area (Å²) in [7, 11) is 0. The molecule has 1 aliphatic rings. The first-order valence-corrected chi connectivity index (χ1v) is 4.94. The van der Waals surface area contributed by atoms with Crippen molar-refractivity contribution in [3.05, 3.63) is 35.6 Å². The standard InChI is InChI=1S/C11H11FN2O2/c12-9-3-1-2-8(4-9)6-14-7-10(15)13-5-11(14)16/h1-4H,5-7H2,(H,13,15). The Morgan fingerprint density at radius 3 is 2.94 bits per heavy atom. The number of rotatable bonds is 2. The molecule has 0 radical (unpaired) electrons. The molecule has 5 heteroatoms. The first-order chi connectivity index (χ1) is 7.65. The first-order valence-electron chi connectivity index (χ1n) is 4.94. The molecule has 0 aromatic heterocycles. The van der Waals surface area contributed by atoms with Gasteiger partial charge in [-0.25, -0.2) is 4.39 Å². The number of hydrogen-bond acceptors (Lipinski definition) is 2. The van der Waals surface area contributed by atoms with Gasteiger partial charge in [0.2, 0.25) is 11.8 Å². The topological polar surface area (TPSA) is 49.4 Å². The van der Waals surface area contributed by atoms with Crippen molar-refractivity contribution in [3.63, 3.8) is 0 Å². The fourth-order valence-corrected chi connectivity index (χ4v) is 1.60. The van der Waals surface area contributed by atoms with Crippen molar-refractivity contribution in [2.45, 2.75) is 6.54 Å². The van der Waals surface area contributed by atoms with Gasteiger partial charge in [0.05, 0.1) is 13.1 Å². The van der Waals surface area contributed by atoms with E-state index in [9.17, 15) is 14.0 Å². The lowest BCUT2D eigenvalue weighted by molar-refractivity contribution is -0.141. The molecule has 4 nitrogen and oxygen atoms in total. The van der Waals surface area contributed by atoms with Crippen molar-refractivity contribution in [2.75, 3.05) is 13.1 Å². The van der Waals surface area contributed by atoms with Gasteiger partial charge in [-0.2, -0.15) is 0 Å². The average molecular weight is 222 g/mol. The molecule has 0 aliphatic carbocycles. The second kappa shape index (κ2) is 4.30. The van der Waals surface area contributed by atoms with Crippen LogP contribution in [-0.2, 0) is 16.1 Å². The van der Waals surface area contributed by atoms with Gasteiger partial charge in [-0.3, -0.25) is 9.59 Å². The predicted molar refractivity (Wildman–Crippen MR) is 54.8 cm³/mol. The zero-order valence-corrected chi connectivity index (χ0v) is 8.57. The third-order valence-corrected chi connectivity index (χ3v) is 2.39. The molecule has 1 heterocycles. The number of piperazine rings is 1. The van der Waals surface area contributed by atoms with E-state index in [4.69, 9.17) is 0 Å². The molecule has 84 valence electrons. The average Bonchev–Trinajstić information content (AvgIpc) is 2.24. The van der Waals surface area contributed by atoms with Crippen LogP contribution in [0, 0.1) is 5.82 Å². The van der Waals surface area contributed by atoms with E-state index in [0.717, 1.165) is 0 Å². The van der Waals surface area contributed by atoms with Gasteiger partial charge in [0.15, 0.2) is 0 Å². The van der Waals surface area contributed by atoms with Gasteiger partial charge in [0, 0.05) is 6.54 Å². The highest BCUT2D eigenvalue weighted by Gasteiger charge is 2.22. The molecule has 1 aliphatic heterocycles. The summed E-state index contributed by atoms with van der Waals surface area (Å²) in [5.41, 5.74) is 0.683. The van der Waals surface area contributed by atoms with E-state index in [1.807, 2.05) is 0 Å². The number of amides is 2. The molecule has 2 rings (SSSR count). The van der Waals surface area contributed by atoms with Crippen molar-refractivity contribution < 1.29 is 14.0 Å². The first kappa shape index (κ1) is 10.6. The summed E-state index contributed by atoms with van der Waals surface area (Å²) in [6.07, 6.45) is 0. The van der Waals surface area contributed by atoms with Gasteiger partial charge >= 0.3 is 0 Å². The van der Waals surface area contributed by atoms with Gasteiger partial charge in [-0.15, -0.1) is 0 Å². The van der Waals surface area contributed by atoms with E-state index in [2.05, 4.69) is 5.32 Å². The molecule has 2 amide bonds. The third-order valence-electron chi connectivity index (χ3n) is 2.39. The maximum Gasteiger partial charge on any atom is 0.242 e. The van der Waals surface area contributed by atoms with Crippen LogP contribution in [0.5, 0.6) is 0 Å². The van der Waals surface area contributed by atoms with Gasteiger partial charge in [0.1, 0.15) is 5.82 Å². The van der Waals surface area contributed by atoms with Crippen LogP contribution in [0.2, 0.25) is 0 Å². The van der Waals surface area contributed by atoms with Crippen molar-refractivity contribution in [1.29, 1.82) is 0 Å². The van der Waals surface area contributed by atoms with E-state index in [1.165, 1.54) is 17.0 Å². The molecular formula is C11H11FN2O2. The Balaban J connectivity index is 2.08. The molecule has 16 heavy (non-hydrogen) atoms. The van der Waals surface area contributed by atoms with E-state index in [0.29, 0.717) is 5.56 Å². The second-order valence-electron chi connectivity index (χ2n) is 3.66. The minimum absolute atomic E-state index is 0.0220. The number of nitrogens with one attached hydrogen (secondary N) is 1. The minimum atomic E-state index is -0.341. The Labute approximate surface area is 92.0 Å². The number of carbonyl (C=O) groups is 2. The SMILES string of the molecule is O=C1CN(Cc2cccc(F)c2)C(=O)CN1. The summed E-state index contributed by atoms with van der Waals surface area (Å²) in [6, 6.07) is 6.01. The van der Waals surface area contributed by atoms with Crippen LogP contribution in [0.15, 0.2) is 24.3 Å². The van der Waals surface area contributed by atoms with Crippen LogP contribution in [0.3, 0.4) is 0 Å². The van der Waals surface area contributed by atoms with E-state index >= 15 is 0 Å². The van der Waals surface area contributed by atoms with Crippen LogP contribution >= 0.6 is 0 Å². The molecule has 1 fully saturated rings. The number of benzene rings is 1. The number of hydrogen-bond donors (Lipinski definition) is 1. The summed E-state index contributed by atoms with van der Waals surface area (Å²) >= 11 is 0. The van der Waals surface area contributed by atoms with Crippen LogP contribution in [0.25, 0.3) is 0 Å². The third kappa shape index (κ3) is 2.36. The maximum absolute atomic E-state index is 12.9. The van der Waals surface area contributed by atoms with Crippen LogP contribution in [0.1, 0.15) is 5.56 Å². The molecule has 1 N–H and O–H groups in total. The second-order valence-corrected chi connectivity index (χ2v) is 3.66. The lowest BCUT2D eigenvalue weighted by atomic mass is 10.2. The molecule has 1 aromatic rings. The van der Waals surface area contributed by atoms with Gasteiger partial charge < -0.3 is 10.2 Å². The highest BCUT2D eigenvalue weighted by molar-refractivity contribution is 5.92. The number of carbonyl (C=O) groups excluding carboxylic acids is 2. The lowest BCUT2D eigenvalue weighted by Gasteiger charge is -2.26. The lowest BCUT2D eigenvalue weighted by Crippen LogP contribution is -2.50. The largest absolute Gasteiger partial charge is 0.345 e. The zero-order chi connectivity index (χ0) is 11.5. The van der Waals surface area contributed by atoms with Crippen molar-refractivity contribution in [2.24, 2.45) is 0 Å². The van der Waals surface area contributed by atoms with Gasteiger partial charge in [-0.1, -0.05) is 12.1 Å². The van der Waals surface area contributed by atoms with Crippen molar-refractivity contribution in [3.8, 4) is 0 Å². The Morgan fingerprint density at radius 2 is 2.19 bits per heavy atom. The van der Waals surface area contributed by atoms with E-state index < -0.39 is 0 Å². The molecule has 0 spiro atoms.